The highest BCUT2D eigenvalue weighted by molar-refractivity contribution is 5.77. The van der Waals surface area contributed by atoms with Crippen molar-refractivity contribution < 1.29 is 19.4 Å². The topological polar surface area (TPSA) is 67.8 Å². The summed E-state index contributed by atoms with van der Waals surface area (Å²) in [5.41, 5.74) is 0. The fourth-order valence-electron chi connectivity index (χ4n) is 1.49. The minimum Gasteiger partial charge on any atom is -0.497 e. The van der Waals surface area contributed by atoms with Gasteiger partial charge < -0.3 is 19.9 Å². The molecule has 0 aliphatic rings. The minimum atomic E-state index is -0.247. The van der Waals surface area contributed by atoms with Crippen LogP contribution in [0.25, 0.3) is 0 Å². The summed E-state index contributed by atoms with van der Waals surface area (Å²) >= 11 is 0. The first-order valence-electron chi connectivity index (χ1n) is 6.24. The summed E-state index contributed by atoms with van der Waals surface area (Å²) < 4.78 is 10.4. The molecule has 2 N–H and O–H groups in total. The molecule has 106 valence electrons. The van der Waals surface area contributed by atoms with Crippen molar-refractivity contribution in [3.05, 3.63) is 24.3 Å². The van der Waals surface area contributed by atoms with E-state index in [2.05, 4.69) is 5.32 Å². The third-order valence-electron chi connectivity index (χ3n) is 2.78. The van der Waals surface area contributed by atoms with Gasteiger partial charge in [-0.15, -0.1) is 0 Å². The number of carbonyl (C=O) groups excluding carboxylic acids is 1. The summed E-state index contributed by atoms with van der Waals surface area (Å²) in [6.45, 7) is 3.72. The summed E-state index contributed by atoms with van der Waals surface area (Å²) in [5, 5.41) is 11.8. The van der Waals surface area contributed by atoms with Gasteiger partial charge in [0.25, 0.3) is 5.91 Å². The Kier molecular flexibility index (Phi) is 6.15. The second-order valence-electron chi connectivity index (χ2n) is 4.56. The maximum Gasteiger partial charge on any atom is 0.258 e. The van der Waals surface area contributed by atoms with Gasteiger partial charge in [0.15, 0.2) is 6.61 Å². The van der Waals surface area contributed by atoms with Gasteiger partial charge in [-0.2, -0.15) is 0 Å². The molecule has 0 spiro atoms. The van der Waals surface area contributed by atoms with Crippen molar-refractivity contribution in [3.63, 3.8) is 0 Å². The van der Waals surface area contributed by atoms with Gasteiger partial charge in [-0.25, -0.2) is 0 Å². The maximum absolute atomic E-state index is 11.6. The van der Waals surface area contributed by atoms with Crippen molar-refractivity contribution in [1.29, 1.82) is 0 Å². The zero-order chi connectivity index (χ0) is 14.3. The lowest BCUT2D eigenvalue weighted by molar-refractivity contribution is -0.124. The average Bonchev–Trinajstić information content (AvgIpc) is 2.42. The molecule has 0 heterocycles. The van der Waals surface area contributed by atoms with E-state index in [1.54, 1.807) is 31.4 Å². The lowest BCUT2D eigenvalue weighted by Gasteiger charge is -2.19. The fourth-order valence-corrected chi connectivity index (χ4v) is 1.49. The van der Waals surface area contributed by atoms with Crippen LogP contribution in [0.15, 0.2) is 24.3 Å². The quantitative estimate of drug-likeness (QED) is 0.779. The highest BCUT2D eigenvalue weighted by atomic mass is 16.5. The van der Waals surface area contributed by atoms with E-state index in [0.717, 1.165) is 5.75 Å². The largest absolute Gasteiger partial charge is 0.497 e. The lowest BCUT2D eigenvalue weighted by atomic mass is 10.1. The molecule has 5 heteroatoms. The summed E-state index contributed by atoms with van der Waals surface area (Å²) in [4.78, 5) is 11.6. The zero-order valence-electron chi connectivity index (χ0n) is 11.6. The van der Waals surface area contributed by atoms with Crippen molar-refractivity contribution in [2.24, 2.45) is 5.92 Å². The molecule has 0 aliphatic carbocycles. The van der Waals surface area contributed by atoms with Gasteiger partial charge in [-0.1, -0.05) is 13.8 Å². The number of aliphatic hydroxyl groups is 1. The van der Waals surface area contributed by atoms with E-state index in [0.29, 0.717) is 5.75 Å². The third-order valence-corrected chi connectivity index (χ3v) is 2.78. The van der Waals surface area contributed by atoms with Gasteiger partial charge in [0, 0.05) is 0 Å². The van der Waals surface area contributed by atoms with E-state index in [1.807, 2.05) is 13.8 Å². The van der Waals surface area contributed by atoms with Gasteiger partial charge in [-0.05, 0) is 30.2 Å². The predicted octanol–water partition coefficient (Wildman–Crippen LogP) is 1.21. The Labute approximate surface area is 113 Å². The van der Waals surface area contributed by atoms with Crippen molar-refractivity contribution >= 4 is 5.91 Å². The number of ether oxygens (including phenoxy) is 2. The number of methoxy groups -OCH3 is 1. The fraction of sp³-hybridized carbons (Fsp3) is 0.500. The smallest absolute Gasteiger partial charge is 0.258 e. The number of amides is 1. The van der Waals surface area contributed by atoms with Crippen LogP contribution in [0.2, 0.25) is 0 Å². The number of hydrogen-bond acceptors (Lipinski definition) is 4. The van der Waals surface area contributed by atoms with Gasteiger partial charge in [0.1, 0.15) is 11.5 Å². The first kappa shape index (κ1) is 15.3. The van der Waals surface area contributed by atoms with Crippen molar-refractivity contribution in [2.45, 2.75) is 19.9 Å². The Morgan fingerprint density at radius 3 is 2.32 bits per heavy atom. The van der Waals surface area contributed by atoms with Crippen LogP contribution in [0.3, 0.4) is 0 Å². The third kappa shape index (κ3) is 5.18. The van der Waals surface area contributed by atoms with Crippen LogP contribution in [0.4, 0.5) is 0 Å². The molecule has 1 aromatic carbocycles. The first-order chi connectivity index (χ1) is 9.06. The van der Waals surface area contributed by atoms with Gasteiger partial charge in [0.2, 0.25) is 0 Å². The van der Waals surface area contributed by atoms with E-state index in [4.69, 9.17) is 14.6 Å². The van der Waals surface area contributed by atoms with Gasteiger partial charge in [0.05, 0.1) is 19.8 Å². The Balaban J connectivity index is 2.40. The van der Waals surface area contributed by atoms with Crippen LogP contribution in [0, 0.1) is 5.92 Å². The molecule has 1 atom stereocenters. The van der Waals surface area contributed by atoms with Crippen molar-refractivity contribution in [3.8, 4) is 11.5 Å². The second kappa shape index (κ2) is 7.63. The molecule has 0 aromatic heterocycles. The molecular weight excluding hydrogens is 246 g/mol. The van der Waals surface area contributed by atoms with Crippen LogP contribution in [-0.2, 0) is 4.79 Å². The van der Waals surface area contributed by atoms with Gasteiger partial charge in [-0.3, -0.25) is 4.79 Å². The van der Waals surface area contributed by atoms with E-state index >= 15 is 0 Å². The zero-order valence-corrected chi connectivity index (χ0v) is 11.6. The summed E-state index contributed by atoms with van der Waals surface area (Å²) in [5.74, 6) is 1.26. The highest BCUT2D eigenvalue weighted by Gasteiger charge is 2.15. The monoisotopic (exact) mass is 267 g/mol. The standard InChI is InChI=1S/C14H21NO4/c1-10(2)13(8-16)15-14(17)9-19-12-6-4-11(18-3)5-7-12/h4-7,10,13,16H,8-9H2,1-3H3,(H,15,17). The van der Waals surface area contributed by atoms with E-state index in [1.165, 1.54) is 0 Å². The van der Waals surface area contributed by atoms with Crippen molar-refractivity contribution in [2.75, 3.05) is 20.3 Å². The molecule has 1 amide bonds. The summed E-state index contributed by atoms with van der Waals surface area (Å²) in [7, 11) is 1.59. The molecular formula is C14H21NO4. The number of benzene rings is 1. The Morgan fingerprint density at radius 1 is 1.26 bits per heavy atom. The SMILES string of the molecule is COc1ccc(OCC(=O)NC(CO)C(C)C)cc1. The van der Waals surface area contributed by atoms with E-state index < -0.39 is 0 Å². The highest BCUT2D eigenvalue weighted by Crippen LogP contribution is 2.16. The first-order valence-corrected chi connectivity index (χ1v) is 6.24. The molecule has 0 saturated heterocycles. The minimum absolute atomic E-state index is 0.0739. The lowest BCUT2D eigenvalue weighted by Crippen LogP contribution is -2.43. The number of aliphatic hydroxyl groups excluding tert-OH is 1. The second-order valence-corrected chi connectivity index (χ2v) is 4.56. The predicted molar refractivity (Wildman–Crippen MR) is 72.3 cm³/mol. The molecule has 0 aliphatic heterocycles. The van der Waals surface area contributed by atoms with Crippen molar-refractivity contribution in [1.82, 2.24) is 5.32 Å². The molecule has 1 rings (SSSR count). The number of carbonyl (C=O) groups is 1. The Bertz CT molecular complexity index is 389. The Morgan fingerprint density at radius 2 is 1.84 bits per heavy atom. The molecule has 0 saturated carbocycles. The van der Waals surface area contributed by atoms with Crippen LogP contribution >= 0.6 is 0 Å². The average molecular weight is 267 g/mol. The van der Waals surface area contributed by atoms with Crippen LogP contribution in [0.1, 0.15) is 13.8 Å². The molecule has 0 radical (unpaired) electrons. The molecule has 19 heavy (non-hydrogen) atoms. The van der Waals surface area contributed by atoms with E-state index in [-0.39, 0.29) is 31.1 Å². The molecule has 0 fully saturated rings. The molecule has 1 unspecified atom stereocenters. The summed E-state index contributed by atoms with van der Waals surface area (Å²) in [6.07, 6.45) is 0. The number of rotatable bonds is 7. The van der Waals surface area contributed by atoms with E-state index in [9.17, 15) is 4.79 Å². The number of hydrogen-bond donors (Lipinski definition) is 2. The number of nitrogens with one attached hydrogen (secondary N) is 1. The maximum atomic E-state index is 11.6. The normalized spacial score (nSPS) is 12.1. The molecule has 5 nitrogen and oxygen atoms in total. The van der Waals surface area contributed by atoms with Crippen LogP contribution < -0.4 is 14.8 Å². The van der Waals surface area contributed by atoms with Gasteiger partial charge >= 0.3 is 0 Å². The molecule has 1 aromatic rings. The summed E-state index contributed by atoms with van der Waals surface area (Å²) in [6, 6.07) is 6.75. The Hall–Kier alpha value is -1.75. The van der Waals surface area contributed by atoms with Crippen LogP contribution in [-0.4, -0.2) is 37.4 Å². The molecule has 0 bridgehead atoms. The van der Waals surface area contributed by atoms with Crippen LogP contribution in [0.5, 0.6) is 11.5 Å².